The molecular formula is C27H30F3N3O4. The van der Waals surface area contributed by atoms with Gasteiger partial charge in [-0.25, -0.2) is 15.0 Å². The van der Waals surface area contributed by atoms with Crippen LogP contribution in [-0.4, -0.2) is 47.7 Å². The number of halogens is 3. The molecule has 0 bridgehead atoms. The van der Waals surface area contributed by atoms with E-state index >= 15 is 0 Å². The minimum atomic E-state index is -4.45. The number of fused-ring (bicyclic) bond motifs is 1. The van der Waals surface area contributed by atoms with Gasteiger partial charge in [0.1, 0.15) is 0 Å². The lowest BCUT2D eigenvalue weighted by Crippen LogP contribution is -2.25. The topological polar surface area (TPSA) is 81.6 Å². The molecule has 0 aliphatic heterocycles. The highest BCUT2D eigenvalue weighted by molar-refractivity contribution is 5.96. The van der Waals surface area contributed by atoms with Crippen LogP contribution in [0.1, 0.15) is 54.7 Å². The number of unbranched alkanes of at least 4 members (excludes halogenated alkanes) is 1. The fourth-order valence-electron chi connectivity index (χ4n) is 3.60. The summed E-state index contributed by atoms with van der Waals surface area (Å²) in [5.74, 6) is -0.380. The zero-order valence-corrected chi connectivity index (χ0v) is 21.3. The third-order valence-electron chi connectivity index (χ3n) is 5.65. The number of aryl methyl sites for hydroxylation is 1. The third kappa shape index (κ3) is 7.48. The predicted octanol–water partition coefficient (Wildman–Crippen LogP) is 5.86. The van der Waals surface area contributed by atoms with Gasteiger partial charge in [-0.05, 0) is 55.5 Å². The standard InChI is InChI=1S/C27H30F3N3O4/c1-17(2)16-37-24(34)8-6-5-7-22-25(18-9-12-20(13-10-18)27(28,29)30)32-21-14-11-19(15-23(21)31-22)26(35)33(3)36-4/h9-15,17H,5-8,16H2,1-4H3. The number of amides is 1. The number of carbonyl (C=O) groups excluding carboxylic acids is 2. The van der Waals surface area contributed by atoms with Gasteiger partial charge in [0.15, 0.2) is 0 Å². The first-order valence-electron chi connectivity index (χ1n) is 12.0. The second kappa shape index (κ2) is 12.1. The van der Waals surface area contributed by atoms with E-state index in [-0.39, 0.29) is 24.2 Å². The molecule has 10 heteroatoms. The smallest absolute Gasteiger partial charge is 0.416 e. The molecule has 2 aromatic carbocycles. The zero-order valence-electron chi connectivity index (χ0n) is 21.3. The van der Waals surface area contributed by atoms with Gasteiger partial charge in [0.2, 0.25) is 0 Å². The number of hydroxylamine groups is 2. The van der Waals surface area contributed by atoms with Crippen LogP contribution in [-0.2, 0) is 27.0 Å². The summed E-state index contributed by atoms with van der Waals surface area (Å²) in [5, 5.41) is 1.09. The first-order valence-corrected chi connectivity index (χ1v) is 12.0. The second-order valence-electron chi connectivity index (χ2n) is 9.07. The van der Waals surface area contributed by atoms with E-state index < -0.39 is 11.7 Å². The molecule has 1 amide bonds. The van der Waals surface area contributed by atoms with Crippen molar-refractivity contribution < 1.29 is 32.3 Å². The molecule has 3 aromatic rings. The monoisotopic (exact) mass is 517 g/mol. The molecule has 0 aliphatic rings. The van der Waals surface area contributed by atoms with Crippen LogP contribution < -0.4 is 0 Å². The Kier molecular flexibility index (Phi) is 9.20. The van der Waals surface area contributed by atoms with Crippen LogP contribution in [0, 0.1) is 5.92 Å². The van der Waals surface area contributed by atoms with Crippen LogP contribution in [0.5, 0.6) is 0 Å². The van der Waals surface area contributed by atoms with E-state index in [9.17, 15) is 22.8 Å². The highest BCUT2D eigenvalue weighted by Gasteiger charge is 2.30. The predicted molar refractivity (Wildman–Crippen MR) is 132 cm³/mol. The van der Waals surface area contributed by atoms with Crippen molar-refractivity contribution in [3.05, 3.63) is 59.3 Å². The Morgan fingerprint density at radius 3 is 2.32 bits per heavy atom. The number of esters is 1. The Bertz CT molecular complexity index is 1240. The molecule has 1 aromatic heterocycles. The number of hydrogen-bond acceptors (Lipinski definition) is 6. The van der Waals surface area contributed by atoms with Crippen LogP contribution in [0.15, 0.2) is 42.5 Å². The third-order valence-corrected chi connectivity index (χ3v) is 5.65. The number of alkyl halides is 3. The van der Waals surface area contributed by atoms with Crippen molar-refractivity contribution >= 4 is 22.9 Å². The number of nitrogens with zero attached hydrogens (tertiary/aromatic N) is 3. The fourth-order valence-corrected chi connectivity index (χ4v) is 3.60. The van der Waals surface area contributed by atoms with Gasteiger partial charge < -0.3 is 4.74 Å². The lowest BCUT2D eigenvalue weighted by Gasteiger charge is -2.15. The van der Waals surface area contributed by atoms with Crippen LogP contribution in [0.25, 0.3) is 22.3 Å². The summed E-state index contributed by atoms with van der Waals surface area (Å²) in [4.78, 5) is 38.8. The van der Waals surface area contributed by atoms with Crippen LogP contribution >= 0.6 is 0 Å². The Balaban J connectivity index is 1.90. The van der Waals surface area contributed by atoms with Crippen molar-refractivity contribution in [1.29, 1.82) is 0 Å². The van der Waals surface area contributed by atoms with Gasteiger partial charge in [0.25, 0.3) is 5.91 Å². The van der Waals surface area contributed by atoms with Crippen LogP contribution in [0.3, 0.4) is 0 Å². The minimum Gasteiger partial charge on any atom is -0.465 e. The van der Waals surface area contributed by atoms with Crippen LogP contribution in [0.2, 0.25) is 0 Å². The lowest BCUT2D eigenvalue weighted by molar-refractivity contribution is -0.144. The van der Waals surface area contributed by atoms with Crippen molar-refractivity contribution in [3.63, 3.8) is 0 Å². The molecule has 3 rings (SSSR count). The van der Waals surface area contributed by atoms with E-state index in [4.69, 9.17) is 14.6 Å². The Morgan fingerprint density at radius 2 is 1.70 bits per heavy atom. The molecule has 1 heterocycles. The Morgan fingerprint density at radius 1 is 1.00 bits per heavy atom. The van der Waals surface area contributed by atoms with Crippen molar-refractivity contribution in [2.45, 2.75) is 45.7 Å². The Labute approximate surface area is 213 Å². The molecule has 0 fully saturated rings. The summed E-state index contributed by atoms with van der Waals surface area (Å²) < 4.78 is 44.4. The second-order valence-corrected chi connectivity index (χ2v) is 9.07. The van der Waals surface area contributed by atoms with Crippen molar-refractivity contribution in [2.24, 2.45) is 5.92 Å². The molecule has 7 nitrogen and oxygen atoms in total. The maximum atomic E-state index is 13.1. The number of aromatic nitrogens is 2. The molecule has 0 saturated carbocycles. The summed E-state index contributed by atoms with van der Waals surface area (Å²) >= 11 is 0. The Hall–Kier alpha value is -3.53. The summed E-state index contributed by atoms with van der Waals surface area (Å²) in [7, 11) is 2.87. The van der Waals surface area contributed by atoms with Gasteiger partial charge in [0.05, 0.1) is 41.7 Å². The minimum absolute atomic E-state index is 0.253. The van der Waals surface area contributed by atoms with Gasteiger partial charge in [0, 0.05) is 24.6 Å². The van der Waals surface area contributed by atoms with Crippen molar-refractivity contribution in [2.75, 3.05) is 20.8 Å². The van der Waals surface area contributed by atoms with Crippen molar-refractivity contribution in [3.8, 4) is 11.3 Å². The van der Waals surface area contributed by atoms with Crippen LogP contribution in [0.4, 0.5) is 13.2 Å². The summed E-state index contributed by atoms with van der Waals surface area (Å²) in [6.45, 7) is 4.29. The maximum Gasteiger partial charge on any atom is 0.416 e. The number of hydrogen-bond donors (Lipinski definition) is 0. The van der Waals surface area contributed by atoms with E-state index in [1.165, 1.54) is 26.3 Å². The van der Waals surface area contributed by atoms with E-state index in [1.54, 1.807) is 18.2 Å². The first-order chi connectivity index (χ1) is 17.5. The van der Waals surface area contributed by atoms with E-state index in [2.05, 4.69) is 4.98 Å². The summed E-state index contributed by atoms with van der Waals surface area (Å²) in [6, 6.07) is 9.60. The van der Waals surface area contributed by atoms with Gasteiger partial charge in [-0.3, -0.25) is 14.4 Å². The normalized spacial score (nSPS) is 11.7. The molecule has 0 N–H and O–H groups in total. The number of benzene rings is 2. The highest BCUT2D eigenvalue weighted by atomic mass is 19.4. The number of ether oxygens (including phenoxy) is 1. The molecule has 37 heavy (non-hydrogen) atoms. The molecular weight excluding hydrogens is 487 g/mol. The molecule has 0 unspecified atom stereocenters. The molecule has 0 saturated heterocycles. The average Bonchev–Trinajstić information content (AvgIpc) is 2.87. The zero-order chi connectivity index (χ0) is 27.2. The SMILES string of the molecule is CON(C)C(=O)c1ccc2nc(-c3ccc(C(F)(F)F)cc3)c(CCCCC(=O)OCC(C)C)nc2c1. The number of rotatable bonds is 10. The van der Waals surface area contributed by atoms with E-state index in [0.29, 0.717) is 59.4 Å². The van der Waals surface area contributed by atoms with Gasteiger partial charge in [-0.2, -0.15) is 13.2 Å². The fraction of sp³-hybridized carbons (Fsp3) is 0.407. The summed E-state index contributed by atoms with van der Waals surface area (Å²) in [6.07, 6.45) is -2.60. The number of carbonyl (C=O) groups is 2. The molecule has 0 spiro atoms. The van der Waals surface area contributed by atoms with E-state index in [1.807, 2.05) is 13.8 Å². The van der Waals surface area contributed by atoms with Gasteiger partial charge >= 0.3 is 12.1 Å². The maximum absolute atomic E-state index is 13.1. The summed E-state index contributed by atoms with van der Waals surface area (Å²) in [5.41, 5.74) is 2.08. The first kappa shape index (κ1) is 28.0. The molecule has 198 valence electrons. The average molecular weight is 518 g/mol. The quantitative estimate of drug-likeness (QED) is 0.190. The van der Waals surface area contributed by atoms with E-state index in [0.717, 1.165) is 17.2 Å². The van der Waals surface area contributed by atoms with Crippen molar-refractivity contribution in [1.82, 2.24) is 15.0 Å². The lowest BCUT2D eigenvalue weighted by atomic mass is 10.0. The van der Waals surface area contributed by atoms with Gasteiger partial charge in [-0.1, -0.05) is 26.0 Å². The van der Waals surface area contributed by atoms with Gasteiger partial charge in [-0.15, -0.1) is 0 Å². The molecule has 0 atom stereocenters. The molecule has 0 radical (unpaired) electrons. The largest absolute Gasteiger partial charge is 0.465 e. The highest BCUT2D eigenvalue weighted by Crippen LogP contribution is 2.32. The molecule has 0 aliphatic carbocycles.